The standard InChI is InChI=1S/C16H26N2O4/c1-11(2)8-13(16(20)21)18-10-12(6-7-17(3)4)14(22-5)9-15(18)19/h9-11,13H,6-8H2,1-5H3,(H,20,21). The fourth-order valence-electron chi connectivity index (χ4n) is 2.32. The molecule has 0 aromatic carbocycles. The topological polar surface area (TPSA) is 71.8 Å². The maximum absolute atomic E-state index is 12.2. The number of hydrogen-bond acceptors (Lipinski definition) is 4. The second-order valence-corrected chi connectivity index (χ2v) is 6.15. The molecule has 1 unspecified atom stereocenters. The highest BCUT2D eigenvalue weighted by Crippen LogP contribution is 2.21. The van der Waals surface area contributed by atoms with Crippen molar-refractivity contribution in [2.45, 2.75) is 32.7 Å². The Morgan fingerprint density at radius 1 is 1.41 bits per heavy atom. The summed E-state index contributed by atoms with van der Waals surface area (Å²) in [4.78, 5) is 25.8. The molecule has 1 aromatic rings. The van der Waals surface area contributed by atoms with Gasteiger partial charge in [0, 0.05) is 24.4 Å². The predicted octanol–water partition coefficient (Wildman–Crippen LogP) is 1.63. The number of hydrogen-bond donors (Lipinski definition) is 1. The van der Waals surface area contributed by atoms with Crippen LogP contribution in [0, 0.1) is 5.92 Å². The molecule has 1 aromatic heterocycles. The minimum absolute atomic E-state index is 0.181. The Hall–Kier alpha value is -1.82. The highest BCUT2D eigenvalue weighted by atomic mass is 16.5. The Balaban J connectivity index is 3.25. The molecule has 1 rings (SSSR count). The highest BCUT2D eigenvalue weighted by molar-refractivity contribution is 5.71. The quantitative estimate of drug-likeness (QED) is 0.790. The monoisotopic (exact) mass is 310 g/mol. The van der Waals surface area contributed by atoms with Gasteiger partial charge in [0.15, 0.2) is 0 Å². The largest absolute Gasteiger partial charge is 0.496 e. The first-order chi connectivity index (χ1) is 10.3. The van der Waals surface area contributed by atoms with Gasteiger partial charge in [0.2, 0.25) is 0 Å². The van der Waals surface area contributed by atoms with Crippen LogP contribution in [0.15, 0.2) is 17.1 Å². The van der Waals surface area contributed by atoms with Gasteiger partial charge in [-0.05, 0) is 32.9 Å². The Labute approximate surface area is 131 Å². The molecule has 1 heterocycles. The van der Waals surface area contributed by atoms with Crippen molar-refractivity contribution >= 4 is 5.97 Å². The van der Waals surface area contributed by atoms with Gasteiger partial charge in [-0.2, -0.15) is 0 Å². The van der Waals surface area contributed by atoms with Crippen LogP contribution in [0.4, 0.5) is 0 Å². The van der Waals surface area contributed by atoms with Crippen LogP contribution in [-0.4, -0.2) is 48.3 Å². The first-order valence-electron chi connectivity index (χ1n) is 7.42. The second-order valence-electron chi connectivity index (χ2n) is 6.15. The number of ether oxygens (including phenoxy) is 1. The average Bonchev–Trinajstić information content (AvgIpc) is 2.42. The molecular weight excluding hydrogens is 284 g/mol. The summed E-state index contributed by atoms with van der Waals surface area (Å²) in [6.07, 6.45) is 2.73. The van der Waals surface area contributed by atoms with Crippen molar-refractivity contribution in [2.75, 3.05) is 27.7 Å². The fourth-order valence-corrected chi connectivity index (χ4v) is 2.32. The number of carbonyl (C=O) groups is 1. The second kappa shape index (κ2) is 7.98. The van der Waals surface area contributed by atoms with E-state index >= 15 is 0 Å². The van der Waals surface area contributed by atoms with Crippen LogP contribution < -0.4 is 10.3 Å². The van der Waals surface area contributed by atoms with Crippen molar-refractivity contribution in [1.82, 2.24) is 9.47 Å². The van der Waals surface area contributed by atoms with Crippen LogP contribution >= 0.6 is 0 Å². The van der Waals surface area contributed by atoms with E-state index in [1.807, 2.05) is 32.8 Å². The summed E-state index contributed by atoms with van der Waals surface area (Å²) in [5.41, 5.74) is 0.490. The molecule has 1 atom stereocenters. The SMILES string of the molecule is COc1cc(=O)n(C(CC(C)C)C(=O)O)cc1CCN(C)C. The molecule has 22 heavy (non-hydrogen) atoms. The molecule has 0 spiro atoms. The molecule has 0 aliphatic heterocycles. The van der Waals surface area contributed by atoms with Gasteiger partial charge < -0.3 is 19.3 Å². The van der Waals surface area contributed by atoms with Gasteiger partial charge in [-0.25, -0.2) is 4.79 Å². The molecule has 0 aliphatic rings. The molecule has 0 saturated heterocycles. The molecule has 1 N–H and O–H groups in total. The number of pyridine rings is 1. The lowest BCUT2D eigenvalue weighted by atomic mass is 10.0. The summed E-state index contributed by atoms with van der Waals surface area (Å²) in [5, 5.41) is 9.44. The third kappa shape index (κ3) is 4.87. The predicted molar refractivity (Wildman–Crippen MR) is 85.6 cm³/mol. The third-order valence-electron chi connectivity index (χ3n) is 3.48. The van der Waals surface area contributed by atoms with Gasteiger partial charge in [0.1, 0.15) is 11.8 Å². The molecule has 0 bridgehead atoms. The molecule has 0 saturated carbocycles. The van der Waals surface area contributed by atoms with Gasteiger partial charge in [0.25, 0.3) is 5.56 Å². The van der Waals surface area contributed by atoms with E-state index in [9.17, 15) is 14.7 Å². The fraction of sp³-hybridized carbons (Fsp3) is 0.625. The Morgan fingerprint density at radius 3 is 2.50 bits per heavy atom. The van der Waals surface area contributed by atoms with E-state index in [0.29, 0.717) is 18.6 Å². The first-order valence-corrected chi connectivity index (χ1v) is 7.42. The highest BCUT2D eigenvalue weighted by Gasteiger charge is 2.23. The number of nitrogens with zero attached hydrogens (tertiary/aromatic N) is 2. The number of rotatable bonds is 8. The van der Waals surface area contributed by atoms with Crippen molar-refractivity contribution in [2.24, 2.45) is 5.92 Å². The van der Waals surface area contributed by atoms with Crippen LogP contribution in [0.25, 0.3) is 0 Å². The average molecular weight is 310 g/mol. The van der Waals surface area contributed by atoms with E-state index in [1.54, 1.807) is 6.20 Å². The normalized spacial score (nSPS) is 12.7. The summed E-state index contributed by atoms with van der Waals surface area (Å²) in [6, 6.07) is 0.526. The minimum Gasteiger partial charge on any atom is -0.496 e. The van der Waals surface area contributed by atoms with Crippen LogP contribution in [0.5, 0.6) is 5.75 Å². The number of methoxy groups -OCH3 is 1. The van der Waals surface area contributed by atoms with Gasteiger partial charge in [-0.3, -0.25) is 4.79 Å². The lowest BCUT2D eigenvalue weighted by Gasteiger charge is -2.20. The van der Waals surface area contributed by atoms with E-state index in [0.717, 1.165) is 12.1 Å². The number of likely N-dealkylation sites (N-methyl/N-ethyl adjacent to an activating group) is 1. The lowest BCUT2D eigenvalue weighted by molar-refractivity contribution is -0.141. The van der Waals surface area contributed by atoms with E-state index in [2.05, 4.69) is 0 Å². The Kier molecular flexibility index (Phi) is 6.61. The van der Waals surface area contributed by atoms with E-state index in [-0.39, 0.29) is 11.5 Å². The minimum atomic E-state index is -0.987. The Bertz CT molecular complexity index is 564. The van der Waals surface area contributed by atoms with Crippen molar-refractivity contribution in [3.8, 4) is 5.75 Å². The summed E-state index contributed by atoms with van der Waals surface area (Å²) in [7, 11) is 5.43. The summed E-state index contributed by atoms with van der Waals surface area (Å²) in [5.74, 6) is -0.295. The zero-order valence-corrected chi connectivity index (χ0v) is 14.0. The summed E-state index contributed by atoms with van der Waals surface area (Å²) in [6.45, 7) is 4.67. The van der Waals surface area contributed by atoms with Gasteiger partial charge in [0.05, 0.1) is 7.11 Å². The summed E-state index contributed by atoms with van der Waals surface area (Å²) >= 11 is 0. The van der Waals surface area contributed by atoms with Crippen LogP contribution in [0.3, 0.4) is 0 Å². The van der Waals surface area contributed by atoms with E-state index in [1.165, 1.54) is 17.7 Å². The zero-order valence-electron chi connectivity index (χ0n) is 14.0. The molecular formula is C16H26N2O4. The van der Waals surface area contributed by atoms with Gasteiger partial charge in [-0.15, -0.1) is 0 Å². The molecule has 0 fully saturated rings. The van der Waals surface area contributed by atoms with E-state index < -0.39 is 12.0 Å². The van der Waals surface area contributed by atoms with Gasteiger partial charge >= 0.3 is 5.97 Å². The van der Waals surface area contributed by atoms with Gasteiger partial charge in [-0.1, -0.05) is 13.8 Å². The maximum Gasteiger partial charge on any atom is 0.326 e. The van der Waals surface area contributed by atoms with Crippen molar-refractivity contribution in [1.29, 1.82) is 0 Å². The number of carboxylic acids is 1. The Morgan fingerprint density at radius 2 is 2.05 bits per heavy atom. The van der Waals surface area contributed by atoms with Crippen LogP contribution in [-0.2, 0) is 11.2 Å². The third-order valence-corrected chi connectivity index (χ3v) is 3.48. The first kappa shape index (κ1) is 18.2. The summed E-state index contributed by atoms with van der Waals surface area (Å²) < 4.78 is 6.57. The van der Waals surface area contributed by atoms with Crippen molar-refractivity contribution in [3.63, 3.8) is 0 Å². The number of aliphatic carboxylic acids is 1. The van der Waals surface area contributed by atoms with E-state index in [4.69, 9.17) is 4.74 Å². The van der Waals surface area contributed by atoms with Crippen LogP contribution in [0.2, 0.25) is 0 Å². The van der Waals surface area contributed by atoms with Crippen molar-refractivity contribution in [3.05, 3.63) is 28.2 Å². The number of aromatic nitrogens is 1. The lowest BCUT2D eigenvalue weighted by Crippen LogP contribution is -2.31. The molecule has 0 aliphatic carbocycles. The van der Waals surface area contributed by atoms with Crippen LogP contribution in [0.1, 0.15) is 31.9 Å². The zero-order chi connectivity index (χ0) is 16.9. The smallest absolute Gasteiger partial charge is 0.326 e. The van der Waals surface area contributed by atoms with Crippen molar-refractivity contribution < 1.29 is 14.6 Å². The molecule has 0 amide bonds. The molecule has 6 heteroatoms. The molecule has 6 nitrogen and oxygen atoms in total. The number of carboxylic acid groups (broad SMARTS) is 1. The molecule has 0 radical (unpaired) electrons. The maximum atomic E-state index is 12.2. The molecule has 124 valence electrons.